The zero-order valence-electron chi connectivity index (χ0n) is 16.5. The molecule has 0 saturated heterocycles. The second kappa shape index (κ2) is 6.33. The minimum atomic E-state index is -0.400. The maximum atomic E-state index is 13.2. The van der Waals surface area contributed by atoms with Crippen LogP contribution in [0.15, 0.2) is 22.6 Å². The zero-order valence-corrected chi connectivity index (χ0v) is 16.5. The number of esters is 1. The molecule has 0 fully saturated rings. The average molecular weight is 381 g/mol. The fourth-order valence-corrected chi connectivity index (χ4v) is 4.27. The highest BCUT2D eigenvalue weighted by Crippen LogP contribution is 2.39. The summed E-state index contributed by atoms with van der Waals surface area (Å²) in [6, 6.07) is 5.18. The highest BCUT2D eigenvalue weighted by molar-refractivity contribution is 6.09. The Morgan fingerprint density at radius 1 is 1.21 bits per heavy atom. The first-order chi connectivity index (χ1) is 13.2. The van der Waals surface area contributed by atoms with Crippen molar-refractivity contribution in [2.24, 2.45) is 5.41 Å². The molecule has 6 nitrogen and oxygen atoms in total. The summed E-state index contributed by atoms with van der Waals surface area (Å²) in [6.45, 7) is 6.34. The second-order valence-corrected chi connectivity index (χ2v) is 8.34. The molecular formula is C22H23NO5. The van der Waals surface area contributed by atoms with Crippen LogP contribution < -0.4 is 4.90 Å². The Labute approximate surface area is 163 Å². The summed E-state index contributed by atoms with van der Waals surface area (Å²) in [5, 5.41) is 0. The molecule has 6 heteroatoms. The number of furan rings is 1. The number of ketones is 1. The lowest BCUT2D eigenvalue weighted by atomic mass is 9.76. The van der Waals surface area contributed by atoms with Crippen LogP contribution in [0.1, 0.15) is 68.4 Å². The third-order valence-electron chi connectivity index (χ3n) is 5.61. The van der Waals surface area contributed by atoms with Crippen LogP contribution >= 0.6 is 0 Å². The molecule has 0 atom stereocenters. The fourth-order valence-electron chi connectivity index (χ4n) is 4.27. The molecule has 0 saturated carbocycles. The summed E-state index contributed by atoms with van der Waals surface area (Å²) >= 11 is 0. The second-order valence-electron chi connectivity index (χ2n) is 8.34. The third-order valence-corrected chi connectivity index (χ3v) is 5.61. The van der Waals surface area contributed by atoms with Crippen molar-refractivity contribution in [3.63, 3.8) is 0 Å². The van der Waals surface area contributed by atoms with Gasteiger partial charge < -0.3 is 14.1 Å². The summed E-state index contributed by atoms with van der Waals surface area (Å²) in [4.78, 5) is 39.2. The summed E-state index contributed by atoms with van der Waals surface area (Å²) in [5.74, 6) is 0.241. The van der Waals surface area contributed by atoms with Crippen molar-refractivity contribution in [2.45, 2.75) is 40.0 Å². The molecule has 0 N–H and O–H groups in total. The molecule has 1 aliphatic carbocycles. The van der Waals surface area contributed by atoms with Crippen LogP contribution in [0, 0.1) is 12.3 Å². The van der Waals surface area contributed by atoms with Crippen LogP contribution in [-0.4, -0.2) is 31.3 Å². The predicted molar refractivity (Wildman–Crippen MR) is 103 cm³/mol. The van der Waals surface area contributed by atoms with Gasteiger partial charge in [-0.05, 0) is 42.5 Å². The Bertz CT molecular complexity index is 1010. The van der Waals surface area contributed by atoms with E-state index in [1.165, 1.54) is 7.11 Å². The Kier molecular flexibility index (Phi) is 4.17. The molecule has 2 aliphatic rings. The number of Topliss-reactive ketones (excluding diaryl/α,β-unsaturated/α-hetero) is 1. The molecule has 0 unspecified atom stereocenters. The molecule has 2 aromatic rings. The van der Waals surface area contributed by atoms with E-state index < -0.39 is 5.97 Å². The number of fused-ring (bicyclic) bond motifs is 2. The number of hydrogen-bond donors (Lipinski definition) is 0. The van der Waals surface area contributed by atoms with E-state index in [1.54, 1.807) is 30.0 Å². The molecule has 146 valence electrons. The smallest absolute Gasteiger partial charge is 0.337 e. The summed E-state index contributed by atoms with van der Waals surface area (Å²) in [5.41, 5.74) is 3.18. The van der Waals surface area contributed by atoms with Crippen molar-refractivity contribution in [3.8, 4) is 0 Å². The van der Waals surface area contributed by atoms with E-state index in [-0.39, 0.29) is 22.9 Å². The largest absolute Gasteiger partial charge is 0.465 e. The Balaban J connectivity index is 1.68. The van der Waals surface area contributed by atoms with Gasteiger partial charge in [-0.25, -0.2) is 4.79 Å². The molecule has 1 aromatic carbocycles. The first-order valence-electron chi connectivity index (χ1n) is 9.40. The van der Waals surface area contributed by atoms with Crippen molar-refractivity contribution in [1.82, 2.24) is 0 Å². The molecule has 1 aromatic heterocycles. The van der Waals surface area contributed by atoms with Crippen LogP contribution in [0.2, 0.25) is 0 Å². The quantitative estimate of drug-likeness (QED) is 0.741. The number of amides is 1. The number of benzene rings is 1. The minimum Gasteiger partial charge on any atom is -0.465 e. The van der Waals surface area contributed by atoms with E-state index in [2.05, 4.69) is 0 Å². The normalized spacial score (nSPS) is 17.3. The first kappa shape index (κ1) is 18.5. The number of carbonyl (C=O) groups excluding carboxylic acids is 3. The number of carbonyl (C=O) groups is 3. The first-order valence-corrected chi connectivity index (χ1v) is 9.40. The van der Waals surface area contributed by atoms with Crippen LogP contribution in [0.3, 0.4) is 0 Å². The van der Waals surface area contributed by atoms with Gasteiger partial charge in [0.1, 0.15) is 5.76 Å². The van der Waals surface area contributed by atoms with E-state index in [9.17, 15) is 14.4 Å². The van der Waals surface area contributed by atoms with Gasteiger partial charge in [-0.15, -0.1) is 0 Å². The van der Waals surface area contributed by atoms with E-state index in [0.717, 1.165) is 11.3 Å². The number of methoxy groups -OCH3 is 1. The highest BCUT2D eigenvalue weighted by atomic mass is 16.5. The van der Waals surface area contributed by atoms with Crippen LogP contribution in [0.4, 0.5) is 5.69 Å². The highest BCUT2D eigenvalue weighted by Gasteiger charge is 2.38. The summed E-state index contributed by atoms with van der Waals surface area (Å²) in [6.07, 6.45) is 1.75. The van der Waals surface area contributed by atoms with Crippen molar-refractivity contribution in [1.29, 1.82) is 0 Å². The lowest BCUT2D eigenvalue weighted by molar-refractivity contribution is 0.0600. The van der Waals surface area contributed by atoms with Crippen LogP contribution in [0.5, 0.6) is 0 Å². The van der Waals surface area contributed by atoms with E-state index >= 15 is 0 Å². The molecule has 0 spiro atoms. The maximum absolute atomic E-state index is 13.2. The van der Waals surface area contributed by atoms with E-state index in [0.29, 0.717) is 48.3 Å². The van der Waals surface area contributed by atoms with Crippen molar-refractivity contribution in [2.75, 3.05) is 18.6 Å². The minimum absolute atomic E-state index is 0.0380. The van der Waals surface area contributed by atoms with E-state index in [1.807, 2.05) is 13.8 Å². The molecule has 4 rings (SSSR count). The molecule has 2 heterocycles. The molecular weight excluding hydrogens is 358 g/mol. The Morgan fingerprint density at radius 2 is 1.96 bits per heavy atom. The van der Waals surface area contributed by atoms with Gasteiger partial charge in [-0.1, -0.05) is 13.8 Å². The predicted octanol–water partition coefficient (Wildman–Crippen LogP) is 3.73. The van der Waals surface area contributed by atoms with Gasteiger partial charge in [0, 0.05) is 30.6 Å². The molecule has 1 aliphatic heterocycles. The lowest BCUT2D eigenvalue weighted by Crippen LogP contribution is -2.29. The van der Waals surface area contributed by atoms with Gasteiger partial charge in [0.2, 0.25) is 0 Å². The Morgan fingerprint density at radius 3 is 2.68 bits per heavy atom. The summed E-state index contributed by atoms with van der Waals surface area (Å²) < 4.78 is 10.7. The zero-order chi connectivity index (χ0) is 20.2. The Hall–Kier alpha value is -2.89. The van der Waals surface area contributed by atoms with Crippen LogP contribution in [0.25, 0.3) is 0 Å². The van der Waals surface area contributed by atoms with Crippen molar-refractivity contribution in [3.05, 3.63) is 52.0 Å². The van der Waals surface area contributed by atoms with Gasteiger partial charge in [0.05, 0.1) is 18.2 Å². The number of ether oxygens (including phenoxy) is 1. The van der Waals surface area contributed by atoms with Gasteiger partial charge >= 0.3 is 5.97 Å². The van der Waals surface area contributed by atoms with Crippen molar-refractivity contribution < 1.29 is 23.5 Å². The molecule has 0 bridgehead atoms. The van der Waals surface area contributed by atoms with E-state index in [4.69, 9.17) is 9.15 Å². The standard InChI is InChI=1S/C22H23NO5/c1-12-18-16(24)10-22(2,3)11-17(18)28-19(12)20(25)23-8-7-13-9-14(21(26)27-4)5-6-15(13)23/h5-6,9H,7-8,10-11H2,1-4H3. The number of rotatable bonds is 2. The molecule has 1 amide bonds. The van der Waals surface area contributed by atoms with Crippen LogP contribution in [-0.2, 0) is 17.6 Å². The topological polar surface area (TPSA) is 76.8 Å². The van der Waals surface area contributed by atoms with Gasteiger partial charge in [0.25, 0.3) is 5.91 Å². The summed E-state index contributed by atoms with van der Waals surface area (Å²) in [7, 11) is 1.34. The lowest BCUT2D eigenvalue weighted by Gasteiger charge is -2.27. The monoisotopic (exact) mass is 381 g/mol. The van der Waals surface area contributed by atoms with Crippen molar-refractivity contribution >= 4 is 23.3 Å². The number of nitrogens with zero attached hydrogens (tertiary/aromatic N) is 1. The molecule has 28 heavy (non-hydrogen) atoms. The molecule has 0 radical (unpaired) electrons. The third kappa shape index (κ3) is 2.84. The van der Waals surface area contributed by atoms with Gasteiger partial charge in [0.15, 0.2) is 11.5 Å². The number of hydrogen-bond acceptors (Lipinski definition) is 5. The SMILES string of the molecule is COC(=O)c1ccc2c(c1)CCN2C(=O)c1oc2c(c1C)C(=O)CC(C)(C)C2. The van der Waals surface area contributed by atoms with Gasteiger partial charge in [-0.3, -0.25) is 9.59 Å². The number of anilines is 1. The fraction of sp³-hybridized carbons (Fsp3) is 0.409. The van der Waals surface area contributed by atoms with Gasteiger partial charge in [-0.2, -0.15) is 0 Å². The average Bonchev–Trinajstić information content (AvgIpc) is 3.20. The maximum Gasteiger partial charge on any atom is 0.337 e.